The highest BCUT2D eigenvalue weighted by Gasteiger charge is 2.14. The quantitative estimate of drug-likeness (QED) is 0.629. The van der Waals surface area contributed by atoms with Gasteiger partial charge in [0.15, 0.2) is 0 Å². The molecule has 1 fully saturated rings. The van der Waals surface area contributed by atoms with Crippen LogP contribution in [0.5, 0.6) is 0 Å². The van der Waals surface area contributed by atoms with Crippen LogP contribution >= 0.6 is 0 Å². The molecule has 0 spiro atoms. The lowest BCUT2D eigenvalue weighted by Gasteiger charge is -2.22. The summed E-state index contributed by atoms with van der Waals surface area (Å²) < 4.78 is 13.1. The molecule has 1 aromatic rings. The van der Waals surface area contributed by atoms with Crippen molar-refractivity contribution in [1.29, 1.82) is 0 Å². The van der Waals surface area contributed by atoms with E-state index in [0.29, 0.717) is 5.92 Å². The zero-order valence-corrected chi connectivity index (χ0v) is 11.5. The Kier molecular flexibility index (Phi) is 5.22. The molecule has 1 unspecified atom stereocenters. The van der Waals surface area contributed by atoms with Gasteiger partial charge in [-0.3, -0.25) is 0 Å². The van der Waals surface area contributed by atoms with Crippen LogP contribution in [0, 0.1) is 11.7 Å². The second-order valence-electron chi connectivity index (χ2n) is 5.89. The number of halogens is 1. The molecular weight excluding hydrogens is 223 g/mol. The van der Waals surface area contributed by atoms with Crippen LogP contribution in [0.2, 0.25) is 0 Å². The van der Waals surface area contributed by atoms with Crippen LogP contribution in [0.15, 0.2) is 24.3 Å². The van der Waals surface area contributed by atoms with Crippen molar-refractivity contribution in [2.75, 3.05) is 0 Å². The first-order valence-corrected chi connectivity index (χ1v) is 7.51. The minimum atomic E-state index is -0.105. The van der Waals surface area contributed by atoms with Gasteiger partial charge in [-0.05, 0) is 36.0 Å². The van der Waals surface area contributed by atoms with Crippen molar-refractivity contribution in [3.63, 3.8) is 0 Å². The molecule has 1 aromatic carbocycles. The summed E-state index contributed by atoms with van der Waals surface area (Å²) in [7, 11) is 0. The van der Waals surface area contributed by atoms with Crippen LogP contribution < -0.4 is 0 Å². The zero-order chi connectivity index (χ0) is 12.8. The average molecular weight is 248 g/mol. The summed E-state index contributed by atoms with van der Waals surface area (Å²) in [6.45, 7) is 2.22. The SMILES string of the molecule is CC(CCCC1CCCCC1)c1cccc(F)c1. The Morgan fingerprint density at radius 1 is 1.22 bits per heavy atom. The summed E-state index contributed by atoms with van der Waals surface area (Å²) in [6.07, 6.45) is 11.1. The predicted molar refractivity (Wildman–Crippen MR) is 75.2 cm³/mol. The first-order valence-electron chi connectivity index (χ1n) is 7.51. The highest BCUT2D eigenvalue weighted by molar-refractivity contribution is 5.19. The highest BCUT2D eigenvalue weighted by atomic mass is 19.1. The fourth-order valence-electron chi connectivity index (χ4n) is 3.17. The lowest BCUT2D eigenvalue weighted by molar-refractivity contribution is 0.327. The van der Waals surface area contributed by atoms with Crippen molar-refractivity contribution in [1.82, 2.24) is 0 Å². The molecule has 1 atom stereocenters. The molecule has 0 bridgehead atoms. The van der Waals surface area contributed by atoms with E-state index in [-0.39, 0.29) is 5.82 Å². The van der Waals surface area contributed by atoms with E-state index in [4.69, 9.17) is 0 Å². The van der Waals surface area contributed by atoms with Gasteiger partial charge in [0.2, 0.25) is 0 Å². The fraction of sp³-hybridized carbons (Fsp3) is 0.647. The third-order valence-electron chi connectivity index (χ3n) is 4.39. The van der Waals surface area contributed by atoms with E-state index in [2.05, 4.69) is 6.92 Å². The van der Waals surface area contributed by atoms with Gasteiger partial charge in [-0.2, -0.15) is 0 Å². The summed E-state index contributed by atoms with van der Waals surface area (Å²) in [5, 5.41) is 0. The summed E-state index contributed by atoms with van der Waals surface area (Å²) >= 11 is 0. The molecule has 2 rings (SSSR count). The van der Waals surface area contributed by atoms with E-state index in [1.54, 1.807) is 6.07 Å². The molecule has 0 aromatic heterocycles. The Morgan fingerprint density at radius 3 is 2.72 bits per heavy atom. The van der Waals surface area contributed by atoms with Gasteiger partial charge in [0, 0.05) is 0 Å². The maximum absolute atomic E-state index is 13.1. The molecule has 1 saturated carbocycles. The van der Waals surface area contributed by atoms with Gasteiger partial charge in [0.05, 0.1) is 0 Å². The topological polar surface area (TPSA) is 0 Å². The monoisotopic (exact) mass is 248 g/mol. The van der Waals surface area contributed by atoms with Crippen LogP contribution in [-0.2, 0) is 0 Å². The van der Waals surface area contributed by atoms with Crippen LogP contribution in [0.3, 0.4) is 0 Å². The molecule has 0 heterocycles. The molecule has 0 nitrogen and oxygen atoms in total. The number of benzene rings is 1. The normalized spacial score (nSPS) is 18.8. The van der Waals surface area contributed by atoms with Crippen molar-refractivity contribution < 1.29 is 4.39 Å². The Morgan fingerprint density at radius 2 is 2.00 bits per heavy atom. The Balaban J connectivity index is 1.72. The van der Waals surface area contributed by atoms with E-state index >= 15 is 0 Å². The predicted octanol–water partition coefficient (Wildman–Crippen LogP) is 5.68. The molecule has 0 saturated heterocycles. The molecule has 0 aliphatic heterocycles. The maximum Gasteiger partial charge on any atom is 0.123 e. The first-order chi connectivity index (χ1) is 8.75. The molecule has 0 amide bonds. The lowest BCUT2D eigenvalue weighted by atomic mass is 9.84. The van der Waals surface area contributed by atoms with Crippen LogP contribution in [0.1, 0.15) is 69.8 Å². The third-order valence-corrected chi connectivity index (χ3v) is 4.39. The van der Waals surface area contributed by atoms with Crippen LogP contribution in [0.25, 0.3) is 0 Å². The van der Waals surface area contributed by atoms with E-state index in [1.807, 2.05) is 12.1 Å². The number of hydrogen-bond donors (Lipinski definition) is 0. The molecule has 0 radical (unpaired) electrons. The summed E-state index contributed by atoms with van der Waals surface area (Å²) in [5.41, 5.74) is 1.15. The van der Waals surface area contributed by atoms with Crippen molar-refractivity contribution in [3.8, 4) is 0 Å². The number of rotatable bonds is 5. The van der Waals surface area contributed by atoms with E-state index in [1.165, 1.54) is 57.4 Å². The Labute approximate surface area is 111 Å². The molecule has 1 heteroatoms. The summed E-state index contributed by atoms with van der Waals surface area (Å²) in [4.78, 5) is 0. The smallest absolute Gasteiger partial charge is 0.123 e. The number of hydrogen-bond acceptors (Lipinski definition) is 0. The lowest BCUT2D eigenvalue weighted by Crippen LogP contribution is -2.06. The second kappa shape index (κ2) is 6.92. The molecule has 100 valence electrons. The van der Waals surface area contributed by atoms with Crippen molar-refractivity contribution in [2.24, 2.45) is 5.92 Å². The van der Waals surface area contributed by atoms with E-state index < -0.39 is 0 Å². The minimum absolute atomic E-state index is 0.105. The third kappa shape index (κ3) is 4.12. The standard InChI is InChI=1S/C17H25F/c1-14(16-11-6-12-17(18)13-16)7-5-10-15-8-3-2-4-9-15/h6,11-15H,2-5,7-10H2,1H3. The molecule has 1 aliphatic rings. The van der Waals surface area contributed by atoms with Crippen molar-refractivity contribution >= 4 is 0 Å². The Bertz CT molecular complexity index is 352. The fourth-order valence-corrected chi connectivity index (χ4v) is 3.17. The van der Waals surface area contributed by atoms with Crippen molar-refractivity contribution in [2.45, 2.75) is 64.2 Å². The average Bonchev–Trinajstić information content (AvgIpc) is 2.40. The maximum atomic E-state index is 13.1. The van der Waals surface area contributed by atoms with Crippen molar-refractivity contribution in [3.05, 3.63) is 35.6 Å². The van der Waals surface area contributed by atoms with E-state index in [9.17, 15) is 4.39 Å². The minimum Gasteiger partial charge on any atom is -0.207 e. The molecule has 18 heavy (non-hydrogen) atoms. The van der Waals surface area contributed by atoms with Gasteiger partial charge in [0.1, 0.15) is 5.82 Å². The van der Waals surface area contributed by atoms with E-state index in [0.717, 1.165) is 11.5 Å². The summed E-state index contributed by atoms with van der Waals surface area (Å²) in [6, 6.07) is 7.08. The van der Waals surface area contributed by atoms with Gasteiger partial charge >= 0.3 is 0 Å². The Hall–Kier alpha value is -0.850. The van der Waals surface area contributed by atoms with Gasteiger partial charge in [-0.25, -0.2) is 4.39 Å². The van der Waals surface area contributed by atoms with Gasteiger partial charge in [-0.1, -0.05) is 64.0 Å². The second-order valence-corrected chi connectivity index (χ2v) is 5.89. The first kappa shape index (κ1) is 13.6. The highest BCUT2D eigenvalue weighted by Crippen LogP contribution is 2.30. The summed E-state index contributed by atoms with van der Waals surface area (Å²) in [5.74, 6) is 1.36. The van der Waals surface area contributed by atoms with Gasteiger partial charge in [0.25, 0.3) is 0 Å². The molecular formula is C17H25F. The zero-order valence-electron chi connectivity index (χ0n) is 11.5. The molecule has 0 N–H and O–H groups in total. The van der Waals surface area contributed by atoms with Gasteiger partial charge < -0.3 is 0 Å². The largest absolute Gasteiger partial charge is 0.207 e. The van der Waals surface area contributed by atoms with Gasteiger partial charge in [-0.15, -0.1) is 0 Å². The molecule has 1 aliphatic carbocycles. The van der Waals surface area contributed by atoms with Crippen LogP contribution in [-0.4, -0.2) is 0 Å². The van der Waals surface area contributed by atoms with Crippen LogP contribution in [0.4, 0.5) is 4.39 Å².